The number of nitrogens with one attached hydrogen (secondary N) is 2. The van der Waals surface area contributed by atoms with Gasteiger partial charge in [0, 0.05) is 12.1 Å². The molecule has 1 unspecified atom stereocenters. The number of anilines is 1. The first kappa shape index (κ1) is 11.1. The maximum absolute atomic E-state index is 11.5. The molecule has 17 heavy (non-hydrogen) atoms. The van der Waals surface area contributed by atoms with Crippen LogP contribution in [0.4, 0.5) is 5.69 Å². The van der Waals surface area contributed by atoms with E-state index in [0.717, 1.165) is 0 Å². The van der Waals surface area contributed by atoms with Crippen LogP contribution in [-0.4, -0.2) is 17.9 Å². The molecular formula is C12H11N3O2. The standard InChI is InChI=1S/C12H11N3O2/c13-7-8-2-1-3-9(6-8)14-10-4-5-11(16)15-12(10)17/h1-3,6,10,14H,4-5H2,(H,15,16,17). The number of imide groups is 1. The quantitative estimate of drug-likeness (QED) is 0.734. The molecule has 5 heteroatoms. The van der Waals surface area contributed by atoms with Crippen molar-refractivity contribution in [3.8, 4) is 6.07 Å². The summed E-state index contributed by atoms with van der Waals surface area (Å²) in [5.41, 5.74) is 1.24. The van der Waals surface area contributed by atoms with E-state index in [1.165, 1.54) is 0 Å². The normalized spacial score (nSPS) is 19.4. The number of rotatable bonds is 2. The molecule has 0 radical (unpaired) electrons. The van der Waals surface area contributed by atoms with Crippen LogP contribution in [0.3, 0.4) is 0 Å². The van der Waals surface area contributed by atoms with E-state index >= 15 is 0 Å². The van der Waals surface area contributed by atoms with Crippen LogP contribution in [-0.2, 0) is 9.59 Å². The van der Waals surface area contributed by atoms with Gasteiger partial charge < -0.3 is 5.32 Å². The van der Waals surface area contributed by atoms with E-state index in [1.54, 1.807) is 24.3 Å². The second kappa shape index (κ2) is 4.66. The molecule has 1 saturated heterocycles. The van der Waals surface area contributed by atoms with Crippen molar-refractivity contribution in [2.75, 3.05) is 5.32 Å². The summed E-state index contributed by atoms with van der Waals surface area (Å²) in [5, 5.41) is 14.0. The smallest absolute Gasteiger partial charge is 0.249 e. The third-order valence-corrected chi connectivity index (χ3v) is 2.57. The molecule has 0 aliphatic carbocycles. The van der Waals surface area contributed by atoms with Gasteiger partial charge in [0.1, 0.15) is 6.04 Å². The van der Waals surface area contributed by atoms with Gasteiger partial charge in [-0.25, -0.2) is 0 Å². The van der Waals surface area contributed by atoms with E-state index in [-0.39, 0.29) is 11.8 Å². The Labute approximate surface area is 98.4 Å². The summed E-state index contributed by atoms with van der Waals surface area (Å²) >= 11 is 0. The fraction of sp³-hybridized carbons (Fsp3) is 0.250. The number of nitrogens with zero attached hydrogens (tertiary/aromatic N) is 1. The van der Waals surface area contributed by atoms with Gasteiger partial charge in [-0.1, -0.05) is 6.07 Å². The number of nitriles is 1. The van der Waals surface area contributed by atoms with Crippen LogP contribution >= 0.6 is 0 Å². The number of hydrogen-bond donors (Lipinski definition) is 2. The highest BCUT2D eigenvalue weighted by Crippen LogP contribution is 2.14. The lowest BCUT2D eigenvalue weighted by molar-refractivity contribution is -0.133. The Hall–Kier alpha value is -2.35. The Morgan fingerprint density at radius 1 is 1.41 bits per heavy atom. The summed E-state index contributed by atoms with van der Waals surface area (Å²) in [4.78, 5) is 22.5. The zero-order valence-corrected chi connectivity index (χ0v) is 9.06. The highest BCUT2D eigenvalue weighted by molar-refractivity contribution is 6.01. The molecule has 0 bridgehead atoms. The minimum atomic E-state index is -0.415. The van der Waals surface area contributed by atoms with E-state index in [0.29, 0.717) is 24.1 Å². The Morgan fingerprint density at radius 2 is 2.24 bits per heavy atom. The lowest BCUT2D eigenvalue weighted by Crippen LogP contribution is -2.47. The molecule has 1 aromatic carbocycles. The minimum Gasteiger partial charge on any atom is -0.374 e. The Morgan fingerprint density at radius 3 is 2.94 bits per heavy atom. The summed E-state index contributed by atoms with van der Waals surface area (Å²) in [7, 11) is 0. The maximum atomic E-state index is 11.5. The lowest BCUT2D eigenvalue weighted by atomic mass is 10.1. The second-order valence-electron chi connectivity index (χ2n) is 3.84. The zero-order chi connectivity index (χ0) is 12.3. The second-order valence-corrected chi connectivity index (χ2v) is 3.84. The van der Waals surface area contributed by atoms with E-state index in [9.17, 15) is 9.59 Å². The van der Waals surface area contributed by atoms with Crippen LogP contribution < -0.4 is 10.6 Å². The Kier molecular flexibility index (Phi) is 3.06. The topological polar surface area (TPSA) is 82.0 Å². The number of carbonyl (C=O) groups is 2. The zero-order valence-electron chi connectivity index (χ0n) is 9.06. The largest absolute Gasteiger partial charge is 0.374 e. The number of benzene rings is 1. The van der Waals surface area contributed by atoms with Gasteiger partial charge in [0.05, 0.1) is 11.6 Å². The summed E-state index contributed by atoms with van der Waals surface area (Å²) in [6, 6.07) is 8.50. The van der Waals surface area contributed by atoms with Gasteiger partial charge in [-0.2, -0.15) is 5.26 Å². The van der Waals surface area contributed by atoms with E-state index < -0.39 is 6.04 Å². The maximum Gasteiger partial charge on any atom is 0.249 e. The van der Waals surface area contributed by atoms with Crippen molar-refractivity contribution in [1.82, 2.24) is 5.32 Å². The number of hydrogen-bond acceptors (Lipinski definition) is 4. The minimum absolute atomic E-state index is 0.237. The van der Waals surface area contributed by atoms with Crippen molar-refractivity contribution in [3.05, 3.63) is 29.8 Å². The number of carbonyl (C=O) groups excluding carboxylic acids is 2. The molecule has 0 saturated carbocycles. The molecule has 1 aliphatic rings. The predicted molar refractivity (Wildman–Crippen MR) is 61.0 cm³/mol. The van der Waals surface area contributed by atoms with Gasteiger partial charge in [-0.05, 0) is 24.6 Å². The van der Waals surface area contributed by atoms with E-state index in [2.05, 4.69) is 10.6 Å². The highest BCUT2D eigenvalue weighted by Gasteiger charge is 2.26. The molecule has 1 heterocycles. The van der Waals surface area contributed by atoms with Crippen molar-refractivity contribution in [1.29, 1.82) is 5.26 Å². The fourth-order valence-corrected chi connectivity index (χ4v) is 1.71. The first-order valence-corrected chi connectivity index (χ1v) is 5.29. The Balaban J connectivity index is 2.08. The van der Waals surface area contributed by atoms with Crippen LogP contribution in [0.25, 0.3) is 0 Å². The van der Waals surface area contributed by atoms with Crippen molar-refractivity contribution in [3.63, 3.8) is 0 Å². The monoisotopic (exact) mass is 229 g/mol. The summed E-state index contributed by atoms with van der Waals surface area (Å²) in [5.74, 6) is -0.553. The predicted octanol–water partition coefficient (Wildman–Crippen LogP) is 0.775. The van der Waals surface area contributed by atoms with Crippen LogP contribution in [0, 0.1) is 11.3 Å². The highest BCUT2D eigenvalue weighted by atomic mass is 16.2. The fourth-order valence-electron chi connectivity index (χ4n) is 1.71. The number of piperidine rings is 1. The van der Waals surface area contributed by atoms with Crippen molar-refractivity contribution < 1.29 is 9.59 Å². The van der Waals surface area contributed by atoms with Gasteiger partial charge in [0.15, 0.2) is 0 Å². The molecule has 1 aromatic rings. The molecule has 5 nitrogen and oxygen atoms in total. The summed E-state index contributed by atoms with van der Waals surface area (Å²) < 4.78 is 0. The first-order valence-electron chi connectivity index (χ1n) is 5.29. The molecular weight excluding hydrogens is 218 g/mol. The van der Waals surface area contributed by atoms with E-state index in [4.69, 9.17) is 5.26 Å². The SMILES string of the molecule is N#Cc1cccc(NC2CCC(=O)NC2=O)c1. The average molecular weight is 229 g/mol. The van der Waals surface area contributed by atoms with Crippen LogP contribution in [0.1, 0.15) is 18.4 Å². The molecule has 2 amide bonds. The van der Waals surface area contributed by atoms with Crippen LogP contribution in [0.5, 0.6) is 0 Å². The molecule has 1 atom stereocenters. The van der Waals surface area contributed by atoms with Gasteiger partial charge in [0.25, 0.3) is 0 Å². The third-order valence-electron chi connectivity index (χ3n) is 2.57. The number of amides is 2. The van der Waals surface area contributed by atoms with E-state index in [1.807, 2.05) is 6.07 Å². The van der Waals surface area contributed by atoms with Crippen molar-refractivity contribution in [2.45, 2.75) is 18.9 Å². The van der Waals surface area contributed by atoms with Gasteiger partial charge >= 0.3 is 0 Å². The van der Waals surface area contributed by atoms with Gasteiger partial charge in [-0.15, -0.1) is 0 Å². The van der Waals surface area contributed by atoms with Crippen molar-refractivity contribution in [2.24, 2.45) is 0 Å². The molecule has 2 N–H and O–H groups in total. The molecule has 86 valence electrons. The molecule has 0 aromatic heterocycles. The van der Waals surface area contributed by atoms with Gasteiger partial charge in [0.2, 0.25) is 11.8 Å². The summed E-state index contributed by atoms with van der Waals surface area (Å²) in [6.45, 7) is 0. The summed E-state index contributed by atoms with van der Waals surface area (Å²) in [6.07, 6.45) is 0.808. The van der Waals surface area contributed by atoms with Crippen molar-refractivity contribution >= 4 is 17.5 Å². The average Bonchev–Trinajstić information content (AvgIpc) is 2.33. The van der Waals surface area contributed by atoms with Gasteiger partial charge in [-0.3, -0.25) is 14.9 Å². The first-order chi connectivity index (χ1) is 8.19. The third kappa shape index (κ3) is 2.61. The molecule has 1 aliphatic heterocycles. The van der Waals surface area contributed by atoms with Crippen LogP contribution in [0.2, 0.25) is 0 Å². The lowest BCUT2D eigenvalue weighted by Gasteiger charge is -2.22. The molecule has 2 rings (SSSR count). The molecule has 0 spiro atoms. The van der Waals surface area contributed by atoms with Crippen LogP contribution in [0.15, 0.2) is 24.3 Å². The Bertz CT molecular complexity index is 505. The molecule has 1 fully saturated rings.